The van der Waals surface area contributed by atoms with E-state index >= 15 is 0 Å². The van der Waals surface area contributed by atoms with Gasteiger partial charge in [-0.1, -0.05) is 15.9 Å². The molecule has 0 aliphatic heterocycles. The molecule has 5 nitrogen and oxygen atoms in total. The molecule has 0 radical (unpaired) electrons. The average Bonchev–Trinajstić information content (AvgIpc) is 3.10. The summed E-state index contributed by atoms with van der Waals surface area (Å²) in [6.07, 6.45) is 0.948. The number of hydrogen-bond donors (Lipinski definition) is 1. The SMILES string of the molecule is CCOC(=O)C1(NS(=O)(=O)c2ccc(Br)cc2)CC1. The Kier molecular flexibility index (Phi) is 3.98. The molecule has 0 aromatic heterocycles. The van der Waals surface area contributed by atoms with Gasteiger partial charge in [0.25, 0.3) is 0 Å². The van der Waals surface area contributed by atoms with Crippen molar-refractivity contribution in [3.8, 4) is 0 Å². The van der Waals surface area contributed by atoms with Crippen molar-refractivity contribution in [3.63, 3.8) is 0 Å². The number of rotatable bonds is 5. The summed E-state index contributed by atoms with van der Waals surface area (Å²) in [6, 6.07) is 6.23. The smallest absolute Gasteiger partial charge is 0.327 e. The fraction of sp³-hybridized carbons (Fsp3) is 0.417. The van der Waals surface area contributed by atoms with Gasteiger partial charge in [0.1, 0.15) is 5.54 Å². The molecule has 1 aliphatic carbocycles. The van der Waals surface area contributed by atoms with E-state index in [0.717, 1.165) is 4.47 Å². The second kappa shape index (κ2) is 5.22. The van der Waals surface area contributed by atoms with Gasteiger partial charge in [0, 0.05) is 4.47 Å². The molecule has 19 heavy (non-hydrogen) atoms. The number of sulfonamides is 1. The molecule has 0 unspecified atom stereocenters. The number of halogens is 1. The van der Waals surface area contributed by atoms with Gasteiger partial charge in [-0.25, -0.2) is 8.42 Å². The van der Waals surface area contributed by atoms with Crippen molar-refractivity contribution in [1.29, 1.82) is 0 Å². The Bertz CT molecular complexity index is 578. The van der Waals surface area contributed by atoms with Crippen molar-refractivity contribution in [1.82, 2.24) is 4.72 Å². The Morgan fingerprint density at radius 1 is 1.37 bits per heavy atom. The Morgan fingerprint density at radius 2 is 1.95 bits per heavy atom. The first-order valence-corrected chi connectivity index (χ1v) is 8.14. The first-order valence-electron chi connectivity index (χ1n) is 5.86. The molecular formula is C12H14BrNO4S. The second-order valence-corrected chi connectivity index (χ2v) is 6.96. The van der Waals surface area contributed by atoms with Crippen molar-refractivity contribution >= 4 is 31.9 Å². The third kappa shape index (κ3) is 3.16. The number of nitrogens with one attached hydrogen (secondary N) is 1. The number of esters is 1. The lowest BCUT2D eigenvalue weighted by Gasteiger charge is -2.15. The molecule has 1 aromatic carbocycles. The van der Waals surface area contributed by atoms with E-state index in [9.17, 15) is 13.2 Å². The monoisotopic (exact) mass is 347 g/mol. The van der Waals surface area contributed by atoms with E-state index in [0.29, 0.717) is 12.8 Å². The van der Waals surface area contributed by atoms with Crippen LogP contribution < -0.4 is 4.72 Å². The maximum atomic E-state index is 12.2. The van der Waals surface area contributed by atoms with Crippen LogP contribution in [0.2, 0.25) is 0 Å². The molecule has 1 fully saturated rings. The summed E-state index contributed by atoms with van der Waals surface area (Å²) in [4.78, 5) is 11.9. The molecule has 0 amide bonds. The van der Waals surface area contributed by atoms with E-state index < -0.39 is 21.5 Å². The predicted octanol–water partition coefficient (Wildman–Crippen LogP) is 1.82. The van der Waals surface area contributed by atoms with Gasteiger partial charge >= 0.3 is 5.97 Å². The van der Waals surface area contributed by atoms with Crippen molar-refractivity contribution in [2.45, 2.75) is 30.2 Å². The van der Waals surface area contributed by atoms with E-state index in [-0.39, 0.29) is 11.5 Å². The molecular weight excluding hydrogens is 334 g/mol. The van der Waals surface area contributed by atoms with Gasteiger partial charge in [-0.05, 0) is 44.0 Å². The van der Waals surface area contributed by atoms with Crippen LogP contribution in [0.25, 0.3) is 0 Å². The molecule has 1 saturated carbocycles. The minimum atomic E-state index is -3.71. The van der Waals surface area contributed by atoms with Crippen LogP contribution in [0.3, 0.4) is 0 Å². The fourth-order valence-electron chi connectivity index (χ4n) is 1.67. The molecule has 7 heteroatoms. The van der Waals surface area contributed by atoms with Gasteiger partial charge in [-0.2, -0.15) is 4.72 Å². The van der Waals surface area contributed by atoms with Crippen LogP contribution in [0.1, 0.15) is 19.8 Å². The first kappa shape index (κ1) is 14.5. The average molecular weight is 348 g/mol. The van der Waals surface area contributed by atoms with Crippen LogP contribution in [-0.4, -0.2) is 26.5 Å². The van der Waals surface area contributed by atoms with Crippen molar-refractivity contribution in [2.75, 3.05) is 6.61 Å². The zero-order valence-corrected chi connectivity index (χ0v) is 12.8. The Labute approximate surface area is 120 Å². The van der Waals surface area contributed by atoms with Crippen LogP contribution in [-0.2, 0) is 19.6 Å². The summed E-state index contributed by atoms with van der Waals surface area (Å²) >= 11 is 3.24. The lowest BCUT2D eigenvalue weighted by atomic mass is 10.3. The number of benzene rings is 1. The van der Waals surface area contributed by atoms with Gasteiger partial charge < -0.3 is 4.74 Å². The van der Waals surface area contributed by atoms with Gasteiger partial charge in [-0.15, -0.1) is 0 Å². The van der Waals surface area contributed by atoms with Gasteiger partial charge in [0.2, 0.25) is 10.0 Å². The summed E-state index contributed by atoms with van der Waals surface area (Å²) in [5, 5.41) is 0. The van der Waals surface area contributed by atoms with Crippen molar-refractivity contribution in [2.24, 2.45) is 0 Å². The molecule has 0 spiro atoms. The minimum absolute atomic E-state index is 0.131. The molecule has 1 aliphatic rings. The highest BCUT2D eigenvalue weighted by Crippen LogP contribution is 2.38. The highest BCUT2D eigenvalue weighted by Gasteiger charge is 2.54. The molecule has 104 valence electrons. The molecule has 2 rings (SSSR count). The van der Waals surface area contributed by atoms with Crippen LogP contribution in [0.5, 0.6) is 0 Å². The van der Waals surface area contributed by atoms with Gasteiger partial charge in [-0.3, -0.25) is 4.79 Å². The Morgan fingerprint density at radius 3 is 2.42 bits per heavy atom. The van der Waals surface area contributed by atoms with E-state index in [1.165, 1.54) is 12.1 Å². The van der Waals surface area contributed by atoms with Gasteiger partial charge in [0.05, 0.1) is 11.5 Å². The fourth-order valence-corrected chi connectivity index (χ4v) is 3.35. The van der Waals surface area contributed by atoms with Crippen LogP contribution in [0.4, 0.5) is 0 Å². The summed E-state index contributed by atoms with van der Waals surface area (Å²) in [5.74, 6) is -0.504. The summed E-state index contributed by atoms with van der Waals surface area (Å²) in [7, 11) is -3.71. The first-order chi connectivity index (χ1) is 8.89. The quantitative estimate of drug-likeness (QED) is 0.824. The van der Waals surface area contributed by atoms with Crippen LogP contribution in [0.15, 0.2) is 33.6 Å². The predicted molar refractivity (Wildman–Crippen MR) is 73.1 cm³/mol. The summed E-state index contributed by atoms with van der Waals surface area (Å²) < 4.78 is 32.5. The number of carbonyl (C=O) groups is 1. The minimum Gasteiger partial charge on any atom is -0.465 e. The zero-order valence-electron chi connectivity index (χ0n) is 10.3. The topological polar surface area (TPSA) is 72.5 Å². The highest BCUT2D eigenvalue weighted by molar-refractivity contribution is 9.10. The van der Waals surface area contributed by atoms with Crippen LogP contribution in [0, 0.1) is 0 Å². The lowest BCUT2D eigenvalue weighted by molar-refractivity contribution is -0.146. The maximum absolute atomic E-state index is 12.2. The van der Waals surface area contributed by atoms with E-state index in [2.05, 4.69) is 20.7 Å². The third-order valence-corrected chi connectivity index (χ3v) is 4.95. The lowest BCUT2D eigenvalue weighted by Crippen LogP contribution is -2.44. The molecule has 0 bridgehead atoms. The molecule has 1 N–H and O–H groups in total. The van der Waals surface area contributed by atoms with Crippen molar-refractivity contribution in [3.05, 3.63) is 28.7 Å². The standard InChI is InChI=1S/C12H14BrNO4S/c1-2-18-11(15)12(7-8-12)14-19(16,17)10-5-3-9(13)4-6-10/h3-6,14H,2,7-8H2,1H3. The maximum Gasteiger partial charge on any atom is 0.327 e. The Hall–Kier alpha value is -0.920. The number of hydrogen-bond acceptors (Lipinski definition) is 4. The van der Waals surface area contributed by atoms with Gasteiger partial charge in [0.15, 0.2) is 0 Å². The molecule has 0 atom stereocenters. The van der Waals surface area contributed by atoms with Crippen LogP contribution >= 0.6 is 15.9 Å². The van der Waals surface area contributed by atoms with E-state index in [1.54, 1.807) is 19.1 Å². The largest absolute Gasteiger partial charge is 0.465 e. The zero-order chi connectivity index (χ0) is 14.1. The summed E-state index contributed by atoms with van der Waals surface area (Å²) in [6.45, 7) is 1.93. The second-order valence-electron chi connectivity index (χ2n) is 4.36. The van der Waals surface area contributed by atoms with E-state index in [4.69, 9.17) is 4.74 Å². The summed E-state index contributed by atoms with van der Waals surface area (Å²) in [5.41, 5.74) is -1.07. The third-order valence-electron chi connectivity index (χ3n) is 2.87. The molecule has 0 heterocycles. The number of ether oxygens (including phenoxy) is 1. The normalized spacial score (nSPS) is 16.9. The Balaban J connectivity index is 2.18. The van der Waals surface area contributed by atoms with E-state index in [1.807, 2.05) is 0 Å². The van der Waals surface area contributed by atoms with Crippen molar-refractivity contribution < 1.29 is 17.9 Å². The molecule has 1 aromatic rings. The number of carbonyl (C=O) groups excluding carboxylic acids is 1. The molecule has 0 saturated heterocycles. The highest BCUT2D eigenvalue weighted by atomic mass is 79.9.